The molecule has 0 spiro atoms. The average Bonchev–Trinajstić information content (AvgIpc) is 2.54. The molecule has 0 atom stereocenters. The van der Waals surface area contributed by atoms with Crippen molar-refractivity contribution in [3.63, 3.8) is 0 Å². The Balaban J connectivity index is 2.04. The van der Waals surface area contributed by atoms with Gasteiger partial charge in [-0.3, -0.25) is 4.79 Å². The van der Waals surface area contributed by atoms with Gasteiger partial charge in [-0.05, 0) is 32.9 Å². The second kappa shape index (κ2) is 7.31. The number of nitrogens with one attached hydrogen (secondary N) is 1. The number of piperazine rings is 1. The molecule has 0 radical (unpaired) electrons. The van der Waals surface area contributed by atoms with Crippen LogP contribution in [0, 0.1) is 0 Å². The third kappa shape index (κ3) is 4.12. The number of carbonyl (C=O) groups is 2. The minimum atomic E-state index is -3.61. The normalized spacial score (nSPS) is 16.2. The summed E-state index contributed by atoms with van der Waals surface area (Å²) in [4.78, 5) is 25.0. The number of nitrogens with zero attached hydrogens (tertiary/aromatic N) is 2. The minimum absolute atomic E-state index is 0.0408. The number of benzene rings is 1. The monoisotopic (exact) mass is 353 g/mol. The van der Waals surface area contributed by atoms with Gasteiger partial charge in [0.15, 0.2) is 5.78 Å². The van der Waals surface area contributed by atoms with Crippen molar-refractivity contribution < 1.29 is 18.0 Å². The number of hydrogen-bond acceptors (Lipinski definition) is 4. The number of ketones is 1. The maximum atomic E-state index is 12.6. The number of sulfonamides is 1. The molecule has 1 saturated heterocycles. The van der Waals surface area contributed by atoms with Crippen molar-refractivity contribution >= 4 is 21.8 Å². The number of urea groups is 1. The zero-order chi connectivity index (χ0) is 17.9. The average molecular weight is 353 g/mol. The van der Waals surface area contributed by atoms with Gasteiger partial charge in [0.05, 0.1) is 4.90 Å². The summed E-state index contributed by atoms with van der Waals surface area (Å²) in [6, 6.07) is 5.80. The van der Waals surface area contributed by atoms with Crippen molar-refractivity contribution in [1.29, 1.82) is 0 Å². The molecule has 1 aliphatic heterocycles. The van der Waals surface area contributed by atoms with Crippen LogP contribution in [-0.4, -0.2) is 61.7 Å². The van der Waals surface area contributed by atoms with Crippen molar-refractivity contribution in [3.05, 3.63) is 29.8 Å². The fourth-order valence-corrected chi connectivity index (χ4v) is 3.90. The highest BCUT2D eigenvalue weighted by Crippen LogP contribution is 2.18. The summed E-state index contributed by atoms with van der Waals surface area (Å²) in [6.07, 6.45) is 0. The van der Waals surface area contributed by atoms with Crippen LogP contribution < -0.4 is 5.32 Å². The molecule has 1 N–H and O–H groups in total. The lowest BCUT2D eigenvalue weighted by molar-refractivity contribution is 0.101. The summed E-state index contributed by atoms with van der Waals surface area (Å²) < 4.78 is 26.7. The van der Waals surface area contributed by atoms with E-state index in [9.17, 15) is 18.0 Å². The van der Waals surface area contributed by atoms with Gasteiger partial charge in [-0.2, -0.15) is 4.31 Å². The van der Waals surface area contributed by atoms with Gasteiger partial charge in [-0.25, -0.2) is 13.2 Å². The summed E-state index contributed by atoms with van der Waals surface area (Å²) in [7, 11) is -3.61. The molecule has 8 heteroatoms. The molecule has 2 amide bonds. The second-order valence-corrected chi connectivity index (χ2v) is 8.01. The lowest BCUT2D eigenvalue weighted by atomic mass is 10.2. The second-order valence-electron chi connectivity index (χ2n) is 6.08. The maximum Gasteiger partial charge on any atom is 0.317 e. The first kappa shape index (κ1) is 18.4. The molecule has 1 fully saturated rings. The van der Waals surface area contributed by atoms with E-state index in [1.54, 1.807) is 4.90 Å². The van der Waals surface area contributed by atoms with Crippen LogP contribution in [0.25, 0.3) is 0 Å². The van der Waals surface area contributed by atoms with Crippen LogP contribution in [0.4, 0.5) is 4.79 Å². The van der Waals surface area contributed by atoms with Gasteiger partial charge in [0.1, 0.15) is 0 Å². The van der Waals surface area contributed by atoms with Crippen molar-refractivity contribution in [3.8, 4) is 0 Å². The Kier molecular flexibility index (Phi) is 5.61. The number of Topliss-reactive ketones (excluding diaryl/α,β-unsaturated/α-hetero) is 1. The molecule has 7 nitrogen and oxygen atoms in total. The lowest BCUT2D eigenvalue weighted by Gasteiger charge is -2.34. The Morgan fingerprint density at radius 2 is 1.58 bits per heavy atom. The van der Waals surface area contributed by atoms with Crippen molar-refractivity contribution in [2.75, 3.05) is 26.2 Å². The Morgan fingerprint density at radius 1 is 1.04 bits per heavy atom. The Labute approximate surface area is 142 Å². The van der Waals surface area contributed by atoms with Crippen LogP contribution in [0.2, 0.25) is 0 Å². The van der Waals surface area contributed by atoms with E-state index in [0.717, 1.165) is 0 Å². The van der Waals surface area contributed by atoms with E-state index in [2.05, 4.69) is 5.32 Å². The van der Waals surface area contributed by atoms with E-state index in [1.807, 2.05) is 13.8 Å². The molecular formula is C16H23N3O4S. The molecule has 0 unspecified atom stereocenters. The summed E-state index contributed by atoms with van der Waals surface area (Å²) in [5.74, 6) is -0.108. The first-order valence-electron chi connectivity index (χ1n) is 7.88. The summed E-state index contributed by atoms with van der Waals surface area (Å²) in [5.41, 5.74) is 0.476. The molecule has 24 heavy (non-hydrogen) atoms. The molecule has 1 aromatic rings. The molecule has 2 rings (SSSR count). The van der Waals surface area contributed by atoms with E-state index < -0.39 is 10.0 Å². The zero-order valence-electron chi connectivity index (χ0n) is 14.2. The van der Waals surface area contributed by atoms with E-state index in [-0.39, 0.29) is 35.8 Å². The Morgan fingerprint density at radius 3 is 2.04 bits per heavy atom. The number of rotatable bonds is 4. The first-order valence-corrected chi connectivity index (χ1v) is 9.32. The minimum Gasteiger partial charge on any atom is -0.336 e. The van der Waals surface area contributed by atoms with Crippen molar-refractivity contribution in [2.24, 2.45) is 0 Å². The van der Waals surface area contributed by atoms with Gasteiger partial charge in [0, 0.05) is 37.8 Å². The van der Waals surface area contributed by atoms with Crippen molar-refractivity contribution in [1.82, 2.24) is 14.5 Å². The number of amides is 2. The van der Waals surface area contributed by atoms with Crippen LogP contribution in [0.3, 0.4) is 0 Å². The van der Waals surface area contributed by atoms with E-state index in [0.29, 0.717) is 18.7 Å². The molecule has 0 saturated carbocycles. The third-order valence-electron chi connectivity index (χ3n) is 3.84. The van der Waals surface area contributed by atoms with E-state index in [4.69, 9.17) is 0 Å². The molecular weight excluding hydrogens is 330 g/mol. The topological polar surface area (TPSA) is 86.8 Å². The SMILES string of the molecule is CC(=O)c1ccc(S(=O)(=O)N2CCN(C(=O)NC(C)C)CC2)cc1. The van der Waals surface area contributed by atoms with Gasteiger partial charge >= 0.3 is 6.03 Å². The van der Waals surface area contributed by atoms with Crippen molar-refractivity contribution in [2.45, 2.75) is 31.7 Å². The lowest BCUT2D eigenvalue weighted by Crippen LogP contribution is -2.53. The van der Waals surface area contributed by atoms with Gasteiger partial charge in [0.2, 0.25) is 10.0 Å². The largest absolute Gasteiger partial charge is 0.336 e. The number of carbonyl (C=O) groups excluding carboxylic acids is 2. The fourth-order valence-electron chi connectivity index (χ4n) is 2.48. The third-order valence-corrected chi connectivity index (χ3v) is 5.75. The van der Waals surface area contributed by atoms with E-state index >= 15 is 0 Å². The van der Waals surface area contributed by atoms with Gasteiger partial charge < -0.3 is 10.2 Å². The zero-order valence-corrected chi connectivity index (χ0v) is 15.0. The maximum absolute atomic E-state index is 12.6. The molecule has 0 bridgehead atoms. The van der Waals surface area contributed by atoms with Gasteiger partial charge in [-0.15, -0.1) is 0 Å². The first-order chi connectivity index (χ1) is 11.2. The number of hydrogen-bond donors (Lipinski definition) is 1. The quantitative estimate of drug-likeness (QED) is 0.827. The molecule has 1 aliphatic rings. The highest BCUT2D eigenvalue weighted by molar-refractivity contribution is 7.89. The standard InChI is InChI=1S/C16H23N3O4S/c1-12(2)17-16(21)18-8-10-19(11-9-18)24(22,23)15-6-4-14(5-7-15)13(3)20/h4-7,12H,8-11H2,1-3H3,(H,17,21). The molecule has 1 heterocycles. The summed E-state index contributed by atoms with van der Waals surface area (Å²) in [6.45, 7) is 6.40. The Hall–Kier alpha value is -1.93. The summed E-state index contributed by atoms with van der Waals surface area (Å²) >= 11 is 0. The van der Waals surface area contributed by atoms with Crippen LogP contribution in [0.1, 0.15) is 31.1 Å². The smallest absolute Gasteiger partial charge is 0.317 e. The predicted molar refractivity (Wildman–Crippen MR) is 90.4 cm³/mol. The summed E-state index contributed by atoms with van der Waals surface area (Å²) in [5, 5.41) is 2.80. The van der Waals surface area contributed by atoms with E-state index in [1.165, 1.54) is 35.5 Å². The molecule has 132 valence electrons. The fraction of sp³-hybridized carbons (Fsp3) is 0.500. The molecule has 0 aromatic heterocycles. The van der Waals surface area contributed by atoms with Crippen LogP contribution in [0.5, 0.6) is 0 Å². The van der Waals surface area contributed by atoms with Crippen LogP contribution >= 0.6 is 0 Å². The van der Waals surface area contributed by atoms with Crippen LogP contribution in [0.15, 0.2) is 29.2 Å². The molecule has 1 aromatic carbocycles. The highest BCUT2D eigenvalue weighted by Gasteiger charge is 2.30. The predicted octanol–water partition coefficient (Wildman–Crippen LogP) is 1.31. The molecule has 0 aliphatic carbocycles. The Bertz CT molecular complexity index is 705. The van der Waals surface area contributed by atoms with Gasteiger partial charge in [0.25, 0.3) is 0 Å². The van der Waals surface area contributed by atoms with Crippen LogP contribution in [-0.2, 0) is 10.0 Å². The van der Waals surface area contributed by atoms with Gasteiger partial charge in [-0.1, -0.05) is 12.1 Å². The highest BCUT2D eigenvalue weighted by atomic mass is 32.2.